The summed E-state index contributed by atoms with van der Waals surface area (Å²) in [6, 6.07) is 3.89. The van der Waals surface area contributed by atoms with Crippen molar-refractivity contribution in [1.82, 2.24) is 4.31 Å². The van der Waals surface area contributed by atoms with E-state index in [0.29, 0.717) is 18.8 Å². The van der Waals surface area contributed by atoms with E-state index < -0.39 is 33.8 Å². The van der Waals surface area contributed by atoms with Crippen molar-refractivity contribution >= 4 is 22.1 Å². The van der Waals surface area contributed by atoms with E-state index in [0.717, 1.165) is 6.08 Å². The Labute approximate surface area is 153 Å². The maximum atomic E-state index is 13.0. The Morgan fingerprint density at radius 1 is 1.26 bits per heavy atom. The van der Waals surface area contributed by atoms with Crippen molar-refractivity contribution in [3.8, 4) is 5.75 Å². The van der Waals surface area contributed by atoms with Gasteiger partial charge in [-0.1, -0.05) is 6.07 Å². The predicted octanol–water partition coefficient (Wildman–Crippen LogP) is 1.64. The molecule has 0 bridgehead atoms. The molecule has 2 aliphatic heterocycles. The Hall–Kier alpha value is -2.11. The molecule has 1 fully saturated rings. The molecule has 1 unspecified atom stereocenters. The number of hydrogen-bond acceptors (Lipinski definition) is 5. The lowest BCUT2D eigenvalue weighted by Gasteiger charge is -2.28. The zero-order chi connectivity index (χ0) is 19.8. The number of rotatable bonds is 4. The van der Waals surface area contributed by atoms with E-state index in [2.05, 4.69) is 0 Å². The summed E-state index contributed by atoms with van der Waals surface area (Å²) >= 11 is 0. The molecule has 1 aromatic carbocycles. The van der Waals surface area contributed by atoms with Crippen LogP contribution in [0.2, 0.25) is 0 Å². The average Bonchev–Trinajstić information content (AvgIpc) is 2.60. The van der Waals surface area contributed by atoms with Crippen LogP contribution in [-0.4, -0.2) is 62.4 Å². The summed E-state index contributed by atoms with van der Waals surface area (Å²) in [5, 5.41) is 9.06. The molecule has 0 saturated carbocycles. The molecular weight excluding hydrogens is 391 g/mol. The number of benzene rings is 1. The van der Waals surface area contributed by atoms with Crippen molar-refractivity contribution in [3.05, 3.63) is 34.9 Å². The van der Waals surface area contributed by atoms with Gasteiger partial charge in [-0.05, 0) is 23.8 Å². The number of carboxylic acid groups (broad SMARTS) is 1. The number of alkyl halides is 3. The van der Waals surface area contributed by atoms with Crippen LogP contribution in [0.1, 0.15) is 11.1 Å². The molecule has 1 aromatic rings. The molecule has 0 amide bonds. The van der Waals surface area contributed by atoms with Gasteiger partial charge in [-0.2, -0.15) is 17.5 Å². The molecule has 1 atom stereocenters. The van der Waals surface area contributed by atoms with Crippen molar-refractivity contribution in [2.45, 2.75) is 18.0 Å². The first-order valence-electron chi connectivity index (χ1n) is 7.95. The Morgan fingerprint density at radius 3 is 2.52 bits per heavy atom. The summed E-state index contributed by atoms with van der Waals surface area (Å²) in [6.07, 6.45) is -6.60. The monoisotopic (exact) mass is 407 g/mol. The number of morpholine rings is 1. The molecule has 27 heavy (non-hydrogen) atoms. The third kappa shape index (κ3) is 4.25. The van der Waals surface area contributed by atoms with Gasteiger partial charge in [0.15, 0.2) is 0 Å². The second kappa shape index (κ2) is 7.13. The lowest BCUT2D eigenvalue weighted by atomic mass is 10.00. The molecule has 0 aromatic heterocycles. The number of carboxylic acids is 1. The molecule has 2 heterocycles. The molecule has 148 valence electrons. The van der Waals surface area contributed by atoms with E-state index in [1.54, 1.807) is 0 Å². The highest BCUT2D eigenvalue weighted by Gasteiger charge is 2.48. The van der Waals surface area contributed by atoms with Crippen molar-refractivity contribution in [2.75, 3.05) is 26.3 Å². The molecule has 1 N–H and O–H groups in total. The minimum atomic E-state index is -4.89. The highest BCUT2D eigenvalue weighted by molar-refractivity contribution is 7.88. The maximum absolute atomic E-state index is 13.0. The Morgan fingerprint density at radius 2 is 1.93 bits per heavy atom. The number of aliphatic carboxylic acids is 1. The van der Waals surface area contributed by atoms with Crippen LogP contribution in [0.4, 0.5) is 13.2 Å². The quantitative estimate of drug-likeness (QED) is 0.816. The molecular formula is C16H16F3NO6S. The van der Waals surface area contributed by atoms with E-state index in [1.807, 2.05) is 0 Å². The first kappa shape index (κ1) is 19.6. The van der Waals surface area contributed by atoms with Crippen molar-refractivity contribution in [1.29, 1.82) is 0 Å². The second-order valence-corrected chi connectivity index (χ2v) is 8.05. The number of fused-ring (bicyclic) bond motifs is 1. The van der Waals surface area contributed by atoms with Crippen LogP contribution in [0.15, 0.2) is 23.8 Å². The van der Waals surface area contributed by atoms with Gasteiger partial charge in [0.2, 0.25) is 16.1 Å². The molecule has 0 spiro atoms. The van der Waals surface area contributed by atoms with Gasteiger partial charge in [0.25, 0.3) is 0 Å². The predicted molar refractivity (Wildman–Crippen MR) is 87.5 cm³/mol. The summed E-state index contributed by atoms with van der Waals surface area (Å²) in [7, 11) is -3.63. The average molecular weight is 407 g/mol. The van der Waals surface area contributed by atoms with Gasteiger partial charge >= 0.3 is 12.1 Å². The van der Waals surface area contributed by atoms with E-state index in [1.165, 1.54) is 22.5 Å². The number of halogens is 3. The number of nitrogens with zero attached hydrogens (tertiary/aromatic N) is 1. The third-order valence-electron chi connectivity index (χ3n) is 4.17. The van der Waals surface area contributed by atoms with Crippen molar-refractivity contribution < 1.29 is 41.0 Å². The van der Waals surface area contributed by atoms with Gasteiger partial charge in [0.1, 0.15) is 5.75 Å². The zero-order valence-electron chi connectivity index (χ0n) is 13.9. The summed E-state index contributed by atoms with van der Waals surface area (Å²) in [5.41, 5.74) is -0.555. The number of carbonyl (C=O) groups is 1. The summed E-state index contributed by atoms with van der Waals surface area (Å²) < 4.78 is 75.2. The summed E-state index contributed by atoms with van der Waals surface area (Å²) in [6.45, 7) is 1.04. The van der Waals surface area contributed by atoms with E-state index in [-0.39, 0.29) is 30.2 Å². The van der Waals surface area contributed by atoms with Crippen LogP contribution >= 0.6 is 0 Å². The maximum Gasteiger partial charge on any atom is 0.430 e. The molecule has 3 rings (SSSR count). The number of ether oxygens (including phenoxy) is 2. The van der Waals surface area contributed by atoms with Crippen LogP contribution in [0.5, 0.6) is 5.75 Å². The van der Waals surface area contributed by atoms with E-state index >= 15 is 0 Å². The summed E-state index contributed by atoms with van der Waals surface area (Å²) in [5.74, 6) is -2.27. The topological polar surface area (TPSA) is 93.1 Å². The molecule has 0 radical (unpaired) electrons. The van der Waals surface area contributed by atoms with Crippen LogP contribution < -0.4 is 4.74 Å². The fraction of sp³-hybridized carbons (Fsp3) is 0.438. The zero-order valence-corrected chi connectivity index (χ0v) is 14.7. The molecule has 11 heteroatoms. The lowest BCUT2D eigenvalue weighted by Crippen LogP contribution is -2.41. The van der Waals surface area contributed by atoms with Crippen LogP contribution in [0, 0.1) is 0 Å². The molecule has 7 nitrogen and oxygen atoms in total. The fourth-order valence-corrected chi connectivity index (χ4v) is 4.37. The van der Waals surface area contributed by atoms with Gasteiger partial charge in [0, 0.05) is 18.7 Å². The van der Waals surface area contributed by atoms with Gasteiger partial charge < -0.3 is 14.6 Å². The van der Waals surface area contributed by atoms with E-state index in [4.69, 9.17) is 14.6 Å². The van der Waals surface area contributed by atoms with Gasteiger partial charge in [-0.25, -0.2) is 13.2 Å². The van der Waals surface area contributed by atoms with Gasteiger partial charge in [-0.15, -0.1) is 0 Å². The Balaban J connectivity index is 1.89. The highest BCUT2D eigenvalue weighted by Crippen LogP contribution is 2.37. The number of hydrogen-bond donors (Lipinski definition) is 1. The minimum absolute atomic E-state index is 0.0857. The minimum Gasteiger partial charge on any atom is -0.478 e. The third-order valence-corrected chi connectivity index (χ3v) is 6.02. The SMILES string of the molecule is O=C(O)C1=Cc2cc(CS(=O)(=O)N3CCOCC3)ccc2OC1C(F)(F)F. The van der Waals surface area contributed by atoms with Crippen molar-refractivity contribution in [3.63, 3.8) is 0 Å². The molecule has 1 saturated heterocycles. The lowest BCUT2D eigenvalue weighted by molar-refractivity contribution is -0.187. The number of sulfonamides is 1. The smallest absolute Gasteiger partial charge is 0.430 e. The van der Waals surface area contributed by atoms with Gasteiger partial charge in [0.05, 0.1) is 24.5 Å². The van der Waals surface area contributed by atoms with Crippen LogP contribution in [0.25, 0.3) is 6.08 Å². The second-order valence-electron chi connectivity index (χ2n) is 6.08. The highest BCUT2D eigenvalue weighted by atomic mass is 32.2. The fourth-order valence-electron chi connectivity index (χ4n) is 2.89. The van der Waals surface area contributed by atoms with Gasteiger partial charge in [-0.3, -0.25) is 0 Å². The normalized spacial score (nSPS) is 21.1. The largest absolute Gasteiger partial charge is 0.478 e. The van der Waals surface area contributed by atoms with Crippen LogP contribution in [-0.2, 0) is 25.3 Å². The first-order valence-corrected chi connectivity index (χ1v) is 9.55. The first-order chi connectivity index (χ1) is 12.6. The molecule has 2 aliphatic rings. The summed E-state index contributed by atoms with van der Waals surface area (Å²) in [4.78, 5) is 11.2. The van der Waals surface area contributed by atoms with Crippen LogP contribution in [0.3, 0.4) is 0 Å². The van der Waals surface area contributed by atoms with E-state index in [9.17, 15) is 26.4 Å². The standard InChI is InChI=1S/C16H16F3NO6S/c17-16(18,19)14-12(15(21)22)8-11-7-10(1-2-13(11)26-14)9-27(23,24)20-3-5-25-6-4-20/h1-2,7-8,14H,3-6,9H2,(H,21,22). The Kier molecular flexibility index (Phi) is 5.19. The Bertz CT molecular complexity index is 875. The molecule has 0 aliphatic carbocycles. The van der Waals surface area contributed by atoms with Crippen molar-refractivity contribution in [2.24, 2.45) is 0 Å².